The van der Waals surface area contributed by atoms with Crippen LogP contribution >= 0.6 is 11.3 Å². The van der Waals surface area contributed by atoms with Crippen molar-refractivity contribution in [2.75, 3.05) is 5.32 Å². The van der Waals surface area contributed by atoms with Gasteiger partial charge in [-0.2, -0.15) is 0 Å². The zero-order valence-corrected chi connectivity index (χ0v) is 8.51. The number of nitrogens with one attached hydrogen (secondary N) is 4. The minimum atomic E-state index is -0.790. The highest BCUT2D eigenvalue weighted by atomic mass is 32.1. The fourth-order valence-electron chi connectivity index (χ4n) is 0.997. The van der Waals surface area contributed by atoms with Crippen LogP contribution in [0.15, 0.2) is 0 Å². The summed E-state index contributed by atoms with van der Waals surface area (Å²) in [6.07, 6.45) is -0.790. The van der Waals surface area contributed by atoms with Crippen LogP contribution in [-0.4, -0.2) is 28.3 Å². The van der Waals surface area contributed by atoms with E-state index in [0.29, 0.717) is 5.13 Å². The molecular weight excluding hydrogens is 220 g/mol. The van der Waals surface area contributed by atoms with Gasteiger partial charge in [-0.05, 0) is 6.92 Å². The summed E-state index contributed by atoms with van der Waals surface area (Å²) in [6.45, 7) is 1.78. The minimum Gasteiger partial charge on any atom is -0.312 e. The van der Waals surface area contributed by atoms with E-state index >= 15 is 0 Å². The van der Waals surface area contributed by atoms with Gasteiger partial charge < -0.3 is 5.32 Å². The maximum absolute atomic E-state index is 11.5. The molecule has 1 saturated heterocycles. The molecule has 0 aromatic carbocycles. The smallest absolute Gasteiger partial charge is 0.312 e. The summed E-state index contributed by atoms with van der Waals surface area (Å²) in [5.41, 5.74) is 4.71. The number of carbonyl (C=O) groups excluding carboxylic acids is 2. The lowest BCUT2D eigenvalue weighted by atomic mass is 10.5. The van der Waals surface area contributed by atoms with Crippen LogP contribution in [0.4, 0.5) is 9.93 Å². The fourth-order valence-corrected chi connectivity index (χ4v) is 1.59. The van der Waals surface area contributed by atoms with E-state index in [2.05, 4.69) is 31.7 Å². The number of hydrogen-bond acceptors (Lipinski definition) is 6. The molecule has 0 saturated carbocycles. The highest BCUT2D eigenvalue weighted by Crippen LogP contribution is 2.13. The van der Waals surface area contributed by atoms with Crippen LogP contribution in [-0.2, 0) is 4.79 Å². The van der Waals surface area contributed by atoms with E-state index < -0.39 is 18.1 Å². The molecule has 1 aliphatic heterocycles. The van der Waals surface area contributed by atoms with Crippen LogP contribution in [0.2, 0.25) is 0 Å². The first-order chi connectivity index (χ1) is 7.15. The van der Waals surface area contributed by atoms with Gasteiger partial charge in [-0.1, -0.05) is 11.3 Å². The van der Waals surface area contributed by atoms with Crippen molar-refractivity contribution in [2.24, 2.45) is 0 Å². The van der Waals surface area contributed by atoms with Gasteiger partial charge in [-0.3, -0.25) is 15.5 Å². The first-order valence-corrected chi connectivity index (χ1v) is 4.90. The van der Waals surface area contributed by atoms with Crippen molar-refractivity contribution in [3.8, 4) is 0 Å². The van der Waals surface area contributed by atoms with Gasteiger partial charge in [0.05, 0.1) is 0 Å². The zero-order valence-electron chi connectivity index (χ0n) is 7.70. The molecule has 2 heterocycles. The molecule has 0 radical (unpaired) electrons. The number of nitrogens with zero attached hydrogens (tertiary/aromatic N) is 2. The zero-order chi connectivity index (χ0) is 10.8. The second-order valence-corrected chi connectivity index (χ2v) is 3.97. The van der Waals surface area contributed by atoms with Crippen molar-refractivity contribution in [2.45, 2.75) is 13.1 Å². The number of amides is 3. The third-order valence-corrected chi connectivity index (χ3v) is 2.38. The van der Waals surface area contributed by atoms with Gasteiger partial charge in [-0.25, -0.2) is 10.2 Å². The summed E-state index contributed by atoms with van der Waals surface area (Å²) in [7, 11) is 0. The summed E-state index contributed by atoms with van der Waals surface area (Å²) >= 11 is 1.26. The Morgan fingerprint density at radius 3 is 2.87 bits per heavy atom. The number of hydrogen-bond donors (Lipinski definition) is 4. The number of aromatic nitrogens is 2. The molecule has 1 aliphatic rings. The number of hydrazine groups is 1. The fraction of sp³-hybridized carbons (Fsp3) is 0.333. The minimum absolute atomic E-state index is 0.399. The van der Waals surface area contributed by atoms with E-state index in [9.17, 15) is 9.59 Å². The SMILES string of the molecule is Cc1nnc(NC(=O)C2NNC(=O)N2)s1. The highest BCUT2D eigenvalue weighted by Gasteiger charge is 2.26. The second-order valence-electron chi connectivity index (χ2n) is 2.79. The molecule has 80 valence electrons. The third-order valence-electron chi connectivity index (χ3n) is 1.62. The van der Waals surface area contributed by atoms with Gasteiger partial charge in [0.15, 0.2) is 6.17 Å². The average molecular weight is 228 g/mol. The first kappa shape index (κ1) is 9.80. The standard InChI is InChI=1S/C6H8N6O2S/c1-2-9-12-6(15-2)8-4(13)3-7-5(14)11-10-3/h3,10H,1H3,(H2,7,11,14)(H,8,12,13). The highest BCUT2D eigenvalue weighted by molar-refractivity contribution is 7.15. The van der Waals surface area contributed by atoms with E-state index in [0.717, 1.165) is 5.01 Å². The Morgan fingerprint density at radius 1 is 1.53 bits per heavy atom. The Bertz CT molecular complexity index is 404. The maximum atomic E-state index is 11.5. The lowest BCUT2D eigenvalue weighted by molar-refractivity contribution is -0.118. The largest absolute Gasteiger partial charge is 0.330 e. The molecule has 1 aromatic rings. The molecule has 0 bridgehead atoms. The predicted molar refractivity (Wildman–Crippen MR) is 51.9 cm³/mol. The molecule has 9 heteroatoms. The molecule has 15 heavy (non-hydrogen) atoms. The van der Waals surface area contributed by atoms with Crippen LogP contribution in [0.25, 0.3) is 0 Å². The Labute approximate surface area is 88.4 Å². The lowest BCUT2D eigenvalue weighted by Gasteiger charge is -2.06. The molecule has 1 unspecified atom stereocenters. The summed E-state index contributed by atoms with van der Waals surface area (Å²) < 4.78 is 0. The van der Waals surface area contributed by atoms with Crippen molar-refractivity contribution in [3.05, 3.63) is 5.01 Å². The average Bonchev–Trinajstić information content (AvgIpc) is 2.75. The number of rotatable bonds is 2. The van der Waals surface area contributed by atoms with E-state index in [-0.39, 0.29) is 0 Å². The molecule has 1 atom stereocenters. The van der Waals surface area contributed by atoms with E-state index in [1.54, 1.807) is 6.92 Å². The van der Waals surface area contributed by atoms with Gasteiger partial charge in [0.2, 0.25) is 5.13 Å². The summed E-state index contributed by atoms with van der Waals surface area (Å²) in [6, 6.07) is -0.441. The van der Waals surface area contributed by atoms with Crippen molar-refractivity contribution < 1.29 is 9.59 Å². The lowest BCUT2D eigenvalue weighted by Crippen LogP contribution is -2.44. The van der Waals surface area contributed by atoms with Gasteiger partial charge in [-0.15, -0.1) is 10.2 Å². The molecule has 2 rings (SSSR count). The van der Waals surface area contributed by atoms with E-state index in [4.69, 9.17) is 0 Å². The number of anilines is 1. The summed E-state index contributed by atoms with van der Waals surface area (Å²) in [5.74, 6) is -0.399. The van der Waals surface area contributed by atoms with Gasteiger partial charge in [0.25, 0.3) is 5.91 Å². The van der Waals surface area contributed by atoms with Crippen LogP contribution in [0.1, 0.15) is 5.01 Å². The summed E-state index contributed by atoms with van der Waals surface area (Å²) in [5, 5.41) is 13.5. The number of carbonyl (C=O) groups is 2. The Morgan fingerprint density at radius 2 is 2.33 bits per heavy atom. The number of urea groups is 1. The molecule has 0 spiro atoms. The van der Waals surface area contributed by atoms with Crippen LogP contribution in [0.3, 0.4) is 0 Å². The Hall–Kier alpha value is -1.74. The van der Waals surface area contributed by atoms with Crippen molar-refractivity contribution in [1.29, 1.82) is 0 Å². The van der Waals surface area contributed by atoms with Crippen LogP contribution < -0.4 is 21.5 Å². The quantitative estimate of drug-likeness (QED) is 0.515. The molecular formula is C6H8N6O2S. The molecule has 8 nitrogen and oxygen atoms in total. The Balaban J connectivity index is 1.95. The first-order valence-electron chi connectivity index (χ1n) is 4.08. The third kappa shape index (κ3) is 2.19. The monoisotopic (exact) mass is 228 g/mol. The summed E-state index contributed by atoms with van der Waals surface area (Å²) in [4.78, 5) is 22.2. The normalized spacial score (nSPS) is 19.5. The van der Waals surface area contributed by atoms with E-state index in [1.165, 1.54) is 11.3 Å². The van der Waals surface area contributed by atoms with E-state index in [1.807, 2.05) is 0 Å². The molecule has 0 aliphatic carbocycles. The van der Waals surface area contributed by atoms with Crippen molar-refractivity contribution in [1.82, 2.24) is 26.4 Å². The number of aryl methyl sites for hydroxylation is 1. The molecule has 3 amide bonds. The van der Waals surface area contributed by atoms with Crippen LogP contribution in [0, 0.1) is 6.92 Å². The second kappa shape index (κ2) is 3.79. The van der Waals surface area contributed by atoms with Gasteiger partial charge in [0.1, 0.15) is 5.01 Å². The maximum Gasteiger partial charge on any atom is 0.330 e. The Kier molecular flexibility index (Phi) is 2.47. The topological polar surface area (TPSA) is 108 Å². The van der Waals surface area contributed by atoms with Crippen LogP contribution in [0.5, 0.6) is 0 Å². The van der Waals surface area contributed by atoms with Crippen molar-refractivity contribution >= 4 is 28.4 Å². The van der Waals surface area contributed by atoms with Crippen molar-refractivity contribution in [3.63, 3.8) is 0 Å². The molecule has 1 aromatic heterocycles. The predicted octanol–water partition coefficient (Wildman–Crippen LogP) is -1.07. The molecule has 4 N–H and O–H groups in total. The van der Waals surface area contributed by atoms with Gasteiger partial charge >= 0.3 is 6.03 Å². The van der Waals surface area contributed by atoms with Gasteiger partial charge in [0, 0.05) is 0 Å². The molecule has 1 fully saturated rings.